The number of carboxylic acid groups (broad SMARTS) is 1. The fraction of sp³-hybridized carbons (Fsp3) is 0.125. The number of ether oxygens (including phenoxy) is 2. The van der Waals surface area contributed by atoms with Crippen molar-refractivity contribution in [3.8, 4) is 11.5 Å². The Kier molecular flexibility index (Phi) is 9.29. The molecule has 4 rings (SSSR count). The average Bonchev–Trinajstić information content (AvgIpc) is 2.96. The monoisotopic (exact) mass is 507 g/mol. The van der Waals surface area contributed by atoms with E-state index in [9.17, 15) is 14.7 Å². The van der Waals surface area contributed by atoms with Crippen LogP contribution < -0.4 is 14.8 Å². The third-order valence-electron chi connectivity index (χ3n) is 5.77. The highest BCUT2D eigenvalue weighted by atomic mass is 16.5. The van der Waals surface area contributed by atoms with Crippen molar-refractivity contribution >= 4 is 18.0 Å². The minimum atomic E-state index is -1.11. The predicted molar refractivity (Wildman–Crippen MR) is 147 cm³/mol. The first kappa shape index (κ1) is 26.2. The summed E-state index contributed by atoms with van der Waals surface area (Å²) in [5.41, 5.74) is 3.22. The van der Waals surface area contributed by atoms with Gasteiger partial charge in [0.2, 0.25) is 0 Å². The molecule has 0 fully saturated rings. The molecule has 0 aromatic heterocycles. The van der Waals surface area contributed by atoms with Crippen LogP contribution in [0.5, 0.6) is 11.5 Å². The van der Waals surface area contributed by atoms with Crippen LogP contribution in [-0.2, 0) is 17.8 Å². The number of benzene rings is 4. The first-order chi connectivity index (χ1) is 18.6. The Hall–Kier alpha value is -4.84. The molecule has 38 heavy (non-hydrogen) atoms. The second-order valence-electron chi connectivity index (χ2n) is 8.64. The van der Waals surface area contributed by atoms with E-state index in [2.05, 4.69) is 5.32 Å². The van der Waals surface area contributed by atoms with Gasteiger partial charge in [-0.15, -0.1) is 0 Å². The highest BCUT2D eigenvalue weighted by Gasteiger charge is 2.21. The van der Waals surface area contributed by atoms with Gasteiger partial charge in [0.1, 0.15) is 30.8 Å². The molecule has 2 N–H and O–H groups in total. The summed E-state index contributed by atoms with van der Waals surface area (Å²) >= 11 is 0. The second-order valence-corrected chi connectivity index (χ2v) is 8.64. The van der Waals surface area contributed by atoms with Crippen molar-refractivity contribution in [3.63, 3.8) is 0 Å². The quantitative estimate of drug-likeness (QED) is 0.254. The fourth-order valence-electron chi connectivity index (χ4n) is 3.76. The summed E-state index contributed by atoms with van der Waals surface area (Å²) in [7, 11) is 0. The van der Waals surface area contributed by atoms with Crippen LogP contribution in [0.1, 0.15) is 27.0 Å². The molecule has 192 valence electrons. The molecule has 0 bridgehead atoms. The van der Waals surface area contributed by atoms with Crippen molar-refractivity contribution in [2.45, 2.75) is 19.1 Å². The molecule has 0 aliphatic heterocycles. The van der Waals surface area contributed by atoms with Crippen molar-refractivity contribution in [3.05, 3.63) is 138 Å². The normalized spacial score (nSPS) is 11.6. The lowest BCUT2D eigenvalue weighted by Crippen LogP contribution is -2.42. The number of nitrogens with one attached hydrogen (secondary N) is 1. The number of rotatable bonds is 12. The van der Waals surface area contributed by atoms with Gasteiger partial charge in [0.25, 0.3) is 5.91 Å². The van der Waals surface area contributed by atoms with E-state index in [1.54, 1.807) is 48.5 Å². The van der Waals surface area contributed by atoms with Gasteiger partial charge in [0, 0.05) is 12.0 Å². The molecule has 0 saturated heterocycles. The maximum atomic E-state index is 12.8. The molecule has 6 nitrogen and oxygen atoms in total. The van der Waals surface area contributed by atoms with Crippen LogP contribution in [-0.4, -0.2) is 29.6 Å². The number of hydrogen-bond acceptors (Lipinski definition) is 4. The van der Waals surface area contributed by atoms with Crippen molar-refractivity contribution in [2.75, 3.05) is 6.61 Å². The Morgan fingerprint density at radius 3 is 2.18 bits per heavy atom. The number of carbonyl (C=O) groups excluding carboxylic acids is 1. The van der Waals surface area contributed by atoms with Gasteiger partial charge < -0.3 is 19.9 Å². The second kappa shape index (κ2) is 13.5. The molecule has 0 aliphatic carbocycles. The molecule has 0 unspecified atom stereocenters. The van der Waals surface area contributed by atoms with E-state index in [1.807, 2.05) is 72.8 Å². The summed E-state index contributed by atoms with van der Waals surface area (Å²) < 4.78 is 11.5. The average molecular weight is 508 g/mol. The van der Waals surface area contributed by atoms with Crippen LogP contribution in [0, 0.1) is 0 Å². The van der Waals surface area contributed by atoms with E-state index in [0.717, 1.165) is 16.7 Å². The van der Waals surface area contributed by atoms with Crippen molar-refractivity contribution in [1.29, 1.82) is 0 Å². The van der Waals surface area contributed by atoms with Crippen LogP contribution in [0.2, 0.25) is 0 Å². The molecular formula is C32H29NO5. The SMILES string of the molecule is O=C(N[C@@H](Cc1ccc(OCc2ccccc2)cc1)C(=O)O)c1cccc(OCC=Cc2ccccc2)c1. The van der Waals surface area contributed by atoms with Gasteiger partial charge in [0.15, 0.2) is 0 Å². The molecule has 1 atom stereocenters. The number of amides is 1. The lowest BCUT2D eigenvalue weighted by molar-refractivity contribution is -0.139. The highest BCUT2D eigenvalue weighted by molar-refractivity contribution is 5.97. The van der Waals surface area contributed by atoms with Gasteiger partial charge in [-0.05, 0) is 53.1 Å². The smallest absolute Gasteiger partial charge is 0.326 e. The first-order valence-corrected chi connectivity index (χ1v) is 12.3. The molecule has 0 heterocycles. The summed E-state index contributed by atoms with van der Waals surface area (Å²) in [4.78, 5) is 24.7. The van der Waals surface area contributed by atoms with E-state index in [1.165, 1.54) is 0 Å². The third-order valence-corrected chi connectivity index (χ3v) is 5.77. The van der Waals surface area contributed by atoms with E-state index in [-0.39, 0.29) is 6.42 Å². The zero-order chi connectivity index (χ0) is 26.6. The molecule has 4 aromatic carbocycles. The molecule has 0 saturated carbocycles. The highest BCUT2D eigenvalue weighted by Crippen LogP contribution is 2.17. The minimum absolute atomic E-state index is 0.139. The van der Waals surface area contributed by atoms with E-state index in [0.29, 0.717) is 30.3 Å². The molecule has 0 spiro atoms. The van der Waals surface area contributed by atoms with Crippen molar-refractivity contribution in [1.82, 2.24) is 5.32 Å². The Balaban J connectivity index is 1.30. The van der Waals surface area contributed by atoms with E-state index >= 15 is 0 Å². The van der Waals surface area contributed by atoms with Crippen molar-refractivity contribution < 1.29 is 24.2 Å². The Bertz CT molecular complexity index is 1350. The predicted octanol–water partition coefficient (Wildman–Crippen LogP) is 5.78. The third kappa shape index (κ3) is 8.10. The topological polar surface area (TPSA) is 84.9 Å². The number of aliphatic carboxylic acids is 1. The van der Waals surface area contributed by atoms with Crippen LogP contribution >= 0.6 is 0 Å². The zero-order valence-corrected chi connectivity index (χ0v) is 20.8. The summed E-state index contributed by atoms with van der Waals surface area (Å²) in [6.07, 6.45) is 3.98. The number of hydrogen-bond donors (Lipinski definition) is 2. The number of carboxylic acids is 1. The van der Waals surface area contributed by atoms with Gasteiger partial charge in [0.05, 0.1) is 0 Å². The molecular weight excluding hydrogens is 478 g/mol. The largest absolute Gasteiger partial charge is 0.490 e. The lowest BCUT2D eigenvalue weighted by Gasteiger charge is -2.15. The summed E-state index contributed by atoms with van der Waals surface area (Å²) in [6.45, 7) is 0.781. The zero-order valence-electron chi connectivity index (χ0n) is 20.8. The molecule has 1 amide bonds. The fourth-order valence-corrected chi connectivity index (χ4v) is 3.76. The lowest BCUT2D eigenvalue weighted by atomic mass is 10.1. The minimum Gasteiger partial charge on any atom is -0.490 e. The van der Waals surface area contributed by atoms with Crippen LogP contribution in [0.3, 0.4) is 0 Å². The van der Waals surface area contributed by atoms with Gasteiger partial charge in [-0.2, -0.15) is 0 Å². The number of carbonyl (C=O) groups is 2. The maximum Gasteiger partial charge on any atom is 0.326 e. The molecule has 4 aromatic rings. The van der Waals surface area contributed by atoms with Crippen molar-refractivity contribution in [2.24, 2.45) is 0 Å². The van der Waals surface area contributed by atoms with Crippen LogP contribution in [0.4, 0.5) is 0 Å². The Morgan fingerprint density at radius 1 is 0.763 bits per heavy atom. The van der Waals surface area contributed by atoms with Gasteiger partial charge in [-0.1, -0.05) is 84.9 Å². The van der Waals surface area contributed by atoms with E-state index < -0.39 is 17.9 Å². The Labute approximate surface area is 222 Å². The summed E-state index contributed by atoms with van der Waals surface area (Å²) in [6, 6.07) is 32.5. The molecule has 0 aliphatic rings. The molecule has 0 radical (unpaired) electrons. The summed E-state index contributed by atoms with van der Waals surface area (Å²) in [5.74, 6) is -0.385. The van der Waals surface area contributed by atoms with Gasteiger partial charge in [-0.3, -0.25) is 4.79 Å². The molecule has 6 heteroatoms. The first-order valence-electron chi connectivity index (χ1n) is 12.3. The summed E-state index contributed by atoms with van der Waals surface area (Å²) in [5, 5.41) is 12.3. The van der Waals surface area contributed by atoms with Gasteiger partial charge >= 0.3 is 5.97 Å². The maximum absolute atomic E-state index is 12.8. The van der Waals surface area contributed by atoms with Gasteiger partial charge in [-0.25, -0.2) is 4.79 Å². The van der Waals surface area contributed by atoms with E-state index in [4.69, 9.17) is 9.47 Å². The standard InChI is InChI=1S/C32H29NO5/c34-31(27-14-7-15-29(22-27)37-20-8-13-24-9-3-1-4-10-24)33-30(32(35)36)21-25-16-18-28(19-17-25)38-23-26-11-5-2-6-12-26/h1-19,22,30H,20-21,23H2,(H,33,34)(H,35,36)/t30-/m0/s1. The Morgan fingerprint density at radius 2 is 1.47 bits per heavy atom. The van der Waals surface area contributed by atoms with Crippen LogP contribution in [0.25, 0.3) is 6.08 Å². The van der Waals surface area contributed by atoms with Crippen LogP contribution in [0.15, 0.2) is 115 Å².